The zero-order valence-corrected chi connectivity index (χ0v) is 20.2. The van der Waals surface area contributed by atoms with E-state index in [1.807, 2.05) is 12.4 Å². The average Bonchev–Trinajstić information content (AvgIpc) is 3.27. The molecule has 0 bridgehead atoms. The number of benzene rings is 2. The van der Waals surface area contributed by atoms with Crippen molar-refractivity contribution in [3.8, 4) is 28.3 Å². The Morgan fingerprint density at radius 1 is 1.06 bits per heavy atom. The highest BCUT2D eigenvalue weighted by atomic mass is 19.1. The highest BCUT2D eigenvalue weighted by Crippen LogP contribution is 2.29. The molecule has 0 amide bonds. The van der Waals surface area contributed by atoms with Crippen LogP contribution in [0, 0.1) is 11.9 Å². The highest BCUT2D eigenvalue weighted by molar-refractivity contribution is 5.78. The van der Waals surface area contributed by atoms with Crippen molar-refractivity contribution in [3.63, 3.8) is 0 Å². The first-order valence-corrected chi connectivity index (χ1v) is 11.8. The number of aromatic nitrogens is 3. The lowest BCUT2D eigenvalue weighted by molar-refractivity contribution is 0.432. The predicted molar refractivity (Wildman–Crippen MR) is 139 cm³/mol. The molecule has 7 heteroatoms. The SMILES string of the molecule is C=C(C)[N+]#Cc1cc(-c2cnn3cc(-c4ccc(N5[C@H](C)CNC[C@@H]5C)cc4)cnc23)ccc1F. The molecule has 2 atom stereocenters. The molecule has 35 heavy (non-hydrogen) atoms. The summed E-state index contributed by atoms with van der Waals surface area (Å²) in [7, 11) is 0. The van der Waals surface area contributed by atoms with Crippen LogP contribution in [0.2, 0.25) is 0 Å². The van der Waals surface area contributed by atoms with Crippen molar-refractivity contribution in [3.05, 3.63) is 89.6 Å². The maximum Gasteiger partial charge on any atom is 0.322 e. The molecule has 2 aromatic heterocycles. The summed E-state index contributed by atoms with van der Waals surface area (Å²) in [6.45, 7) is 11.9. The van der Waals surface area contributed by atoms with Crippen molar-refractivity contribution >= 4 is 11.3 Å². The first-order chi connectivity index (χ1) is 16.9. The summed E-state index contributed by atoms with van der Waals surface area (Å²) in [5.74, 6) is -0.390. The van der Waals surface area contributed by atoms with Gasteiger partial charge in [-0.05, 0) is 60.7 Å². The largest absolute Gasteiger partial charge is 0.364 e. The third-order valence-electron chi connectivity index (χ3n) is 6.33. The van der Waals surface area contributed by atoms with Gasteiger partial charge in [0.05, 0.1) is 6.20 Å². The first-order valence-electron chi connectivity index (χ1n) is 11.8. The van der Waals surface area contributed by atoms with E-state index >= 15 is 0 Å². The third kappa shape index (κ3) is 4.53. The van der Waals surface area contributed by atoms with Crippen molar-refractivity contribution in [2.75, 3.05) is 18.0 Å². The molecule has 5 rings (SSSR count). The van der Waals surface area contributed by atoms with Crippen molar-refractivity contribution in [2.45, 2.75) is 32.9 Å². The number of anilines is 1. The number of piperazine rings is 1. The highest BCUT2D eigenvalue weighted by Gasteiger charge is 2.24. The summed E-state index contributed by atoms with van der Waals surface area (Å²) in [6, 6.07) is 17.1. The van der Waals surface area contributed by atoms with Gasteiger partial charge in [-0.25, -0.2) is 13.9 Å². The van der Waals surface area contributed by atoms with Crippen LogP contribution in [0.15, 0.2) is 73.3 Å². The van der Waals surface area contributed by atoms with Crippen molar-refractivity contribution < 1.29 is 4.39 Å². The van der Waals surface area contributed by atoms with E-state index in [1.165, 1.54) is 11.8 Å². The van der Waals surface area contributed by atoms with E-state index in [0.717, 1.165) is 35.3 Å². The summed E-state index contributed by atoms with van der Waals surface area (Å²) in [4.78, 5) is 11.2. The van der Waals surface area contributed by atoms with Gasteiger partial charge in [-0.15, -0.1) is 0 Å². The lowest BCUT2D eigenvalue weighted by Crippen LogP contribution is -2.55. The summed E-state index contributed by atoms with van der Waals surface area (Å²) >= 11 is 0. The van der Waals surface area contributed by atoms with E-state index in [-0.39, 0.29) is 5.56 Å². The number of fused-ring (bicyclic) bond motifs is 1. The van der Waals surface area contributed by atoms with Crippen LogP contribution in [0.3, 0.4) is 0 Å². The van der Waals surface area contributed by atoms with Gasteiger partial charge in [0, 0.05) is 61.3 Å². The molecule has 0 saturated carbocycles. The minimum atomic E-state index is -0.390. The number of nitrogens with one attached hydrogen (secondary N) is 1. The lowest BCUT2D eigenvalue weighted by Gasteiger charge is -2.41. The molecule has 6 nitrogen and oxygen atoms in total. The summed E-state index contributed by atoms with van der Waals surface area (Å²) in [5.41, 5.74) is 6.41. The summed E-state index contributed by atoms with van der Waals surface area (Å²) in [6.07, 6.45) is 5.57. The van der Waals surface area contributed by atoms with Crippen LogP contribution in [0.5, 0.6) is 0 Å². The molecule has 0 spiro atoms. The topological polar surface area (TPSA) is 49.8 Å². The van der Waals surface area contributed by atoms with Gasteiger partial charge in [0.1, 0.15) is 11.4 Å². The quantitative estimate of drug-likeness (QED) is 0.426. The van der Waals surface area contributed by atoms with Gasteiger partial charge in [-0.1, -0.05) is 18.2 Å². The molecule has 0 unspecified atom stereocenters. The Morgan fingerprint density at radius 3 is 2.49 bits per heavy atom. The Hall–Kier alpha value is -4.02. The molecule has 0 radical (unpaired) electrons. The molecule has 1 fully saturated rings. The fourth-order valence-corrected chi connectivity index (χ4v) is 4.63. The van der Waals surface area contributed by atoms with Gasteiger partial charge in [0.2, 0.25) is 0 Å². The standard InChI is InChI=1S/C28H28FN6/c1-18(2)31-14-23-11-22(7-10-27(23)29)26-16-33-34-17-24(15-32-28(26)34)21-5-8-25(9-6-21)35-19(3)12-30-13-20(35)4/h5-11,15-17,19-20,30H,1,12-13H2,2-4H3/q+1/t19-,20+. The molecule has 2 aromatic carbocycles. The van der Waals surface area contributed by atoms with Crippen LogP contribution in [0.1, 0.15) is 26.3 Å². The molecule has 0 aliphatic carbocycles. The maximum atomic E-state index is 14.2. The molecular weight excluding hydrogens is 439 g/mol. The van der Waals surface area contributed by atoms with Crippen molar-refractivity contribution in [1.29, 1.82) is 0 Å². The number of nitrogens with zero attached hydrogens (tertiary/aromatic N) is 5. The molecule has 176 valence electrons. The van der Waals surface area contributed by atoms with Gasteiger partial charge >= 0.3 is 11.8 Å². The average molecular weight is 468 g/mol. The number of hydrogen-bond donors (Lipinski definition) is 1. The predicted octanol–water partition coefficient (Wildman–Crippen LogP) is 5.60. The van der Waals surface area contributed by atoms with Crippen molar-refractivity contribution in [2.24, 2.45) is 0 Å². The molecule has 1 N–H and O–H groups in total. The Balaban J connectivity index is 1.44. The van der Waals surface area contributed by atoms with E-state index in [0.29, 0.717) is 23.4 Å². The summed E-state index contributed by atoms with van der Waals surface area (Å²) in [5, 5.41) is 7.98. The zero-order chi connectivity index (χ0) is 24.5. The second kappa shape index (κ2) is 9.32. The van der Waals surface area contributed by atoms with Crippen LogP contribution in [0.25, 0.3) is 32.7 Å². The fourth-order valence-electron chi connectivity index (χ4n) is 4.63. The van der Waals surface area contributed by atoms with Gasteiger partial charge in [-0.3, -0.25) is 0 Å². The number of rotatable bonds is 3. The monoisotopic (exact) mass is 467 g/mol. The smallest absolute Gasteiger partial charge is 0.322 e. The second-order valence-corrected chi connectivity index (χ2v) is 9.13. The Bertz CT molecular complexity index is 1450. The second-order valence-electron chi connectivity index (χ2n) is 9.13. The van der Waals surface area contributed by atoms with Gasteiger partial charge in [-0.2, -0.15) is 5.10 Å². The number of halogens is 1. The Labute approximate surface area is 204 Å². The van der Waals surface area contributed by atoms with Gasteiger partial charge < -0.3 is 10.2 Å². The fraction of sp³-hybridized carbons (Fsp3) is 0.250. The molecule has 3 heterocycles. The van der Waals surface area contributed by atoms with Crippen LogP contribution in [0.4, 0.5) is 10.1 Å². The van der Waals surface area contributed by atoms with Crippen LogP contribution in [-0.4, -0.2) is 39.8 Å². The van der Waals surface area contributed by atoms with Crippen LogP contribution < -0.4 is 10.2 Å². The van der Waals surface area contributed by atoms with Gasteiger partial charge in [0.15, 0.2) is 5.65 Å². The molecule has 4 aromatic rings. The van der Waals surface area contributed by atoms with E-state index < -0.39 is 5.82 Å². The van der Waals surface area contributed by atoms with E-state index in [2.05, 4.69) is 75.9 Å². The van der Waals surface area contributed by atoms with E-state index in [9.17, 15) is 4.39 Å². The van der Waals surface area contributed by atoms with Crippen molar-refractivity contribution in [1.82, 2.24) is 19.9 Å². The number of allylic oxidation sites excluding steroid dienone is 1. The Kier molecular flexibility index (Phi) is 6.06. The molecular formula is C28H28FN6+. The minimum Gasteiger partial charge on any atom is -0.364 e. The molecule has 1 saturated heterocycles. The zero-order valence-electron chi connectivity index (χ0n) is 20.2. The molecule has 1 aliphatic rings. The van der Waals surface area contributed by atoms with E-state index in [4.69, 9.17) is 0 Å². The maximum absolute atomic E-state index is 14.2. The summed E-state index contributed by atoms with van der Waals surface area (Å²) < 4.78 is 16.0. The van der Waals surface area contributed by atoms with Crippen LogP contribution in [-0.2, 0) is 0 Å². The first kappa shape index (κ1) is 22.8. The minimum absolute atomic E-state index is 0.273. The lowest BCUT2D eigenvalue weighted by atomic mass is 10.0. The normalized spacial score (nSPS) is 17.8. The van der Waals surface area contributed by atoms with Crippen LogP contribution >= 0.6 is 0 Å². The molecule has 1 aliphatic heterocycles. The van der Waals surface area contributed by atoms with Gasteiger partial charge in [0.25, 0.3) is 0 Å². The Morgan fingerprint density at radius 2 is 1.77 bits per heavy atom. The third-order valence-corrected chi connectivity index (χ3v) is 6.33. The van der Waals surface area contributed by atoms with E-state index in [1.54, 1.807) is 29.8 Å². The number of hydrogen-bond acceptors (Lipinski definition) is 4.